The first kappa shape index (κ1) is 32.3. The van der Waals surface area contributed by atoms with Crippen LogP contribution in [0.2, 0.25) is 0 Å². The molecule has 0 amide bonds. The molecule has 0 atom stereocenters. The predicted molar refractivity (Wildman–Crippen MR) is 200 cm³/mol. The van der Waals surface area contributed by atoms with Gasteiger partial charge in [0.15, 0.2) is 0 Å². The van der Waals surface area contributed by atoms with Crippen molar-refractivity contribution in [2.75, 3.05) is 0 Å². The van der Waals surface area contributed by atoms with Crippen molar-refractivity contribution >= 4 is 35.3 Å². The monoisotopic (exact) mass is 653 g/mol. The molecular formula is C42H39NS3. The summed E-state index contributed by atoms with van der Waals surface area (Å²) in [5.41, 5.74) is 8.21. The number of nitrogens with zero attached hydrogens (tertiary/aromatic N) is 1. The second-order valence-electron chi connectivity index (χ2n) is 11.3. The first-order valence-electron chi connectivity index (χ1n) is 15.8. The van der Waals surface area contributed by atoms with Crippen molar-refractivity contribution in [3.63, 3.8) is 0 Å². The zero-order chi connectivity index (χ0) is 31.2. The molecule has 1 nitrogen and oxygen atoms in total. The summed E-state index contributed by atoms with van der Waals surface area (Å²) >= 11 is 5.81. The summed E-state index contributed by atoms with van der Waals surface area (Å²) in [6.45, 7) is 2.65. The summed E-state index contributed by atoms with van der Waals surface area (Å²) in [5, 5.41) is 0. The summed E-state index contributed by atoms with van der Waals surface area (Å²) < 4.78 is 0. The van der Waals surface area contributed by atoms with Crippen LogP contribution < -0.4 is 0 Å². The Morgan fingerprint density at radius 3 is 0.870 bits per heavy atom. The second-order valence-corrected chi connectivity index (χ2v) is 14.3. The van der Waals surface area contributed by atoms with Crippen LogP contribution in [-0.4, -0.2) is 4.90 Å². The van der Waals surface area contributed by atoms with Crippen LogP contribution in [0.25, 0.3) is 0 Å². The molecule has 0 heterocycles. The first-order valence-corrected chi connectivity index (χ1v) is 18.7. The minimum atomic E-state index is 0.882. The molecule has 0 radical (unpaired) electrons. The van der Waals surface area contributed by atoms with Gasteiger partial charge in [-0.15, -0.1) is 35.3 Å². The van der Waals surface area contributed by atoms with E-state index in [4.69, 9.17) is 0 Å². The van der Waals surface area contributed by atoms with Gasteiger partial charge in [0.2, 0.25) is 0 Å². The van der Waals surface area contributed by atoms with Crippen molar-refractivity contribution in [1.29, 1.82) is 0 Å². The van der Waals surface area contributed by atoms with Crippen LogP contribution in [0.5, 0.6) is 0 Å². The van der Waals surface area contributed by atoms with Crippen molar-refractivity contribution in [1.82, 2.24) is 4.90 Å². The molecule has 6 rings (SSSR count). The third kappa shape index (κ3) is 9.67. The highest BCUT2D eigenvalue weighted by Gasteiger charge is 2.16. The molecule has 0 unspecified atom stereocenters. The maximum atomic E-state index is 2.63. The highest BCUT2D eigenvalue weighted by molar-refractivity contribution is 7.99. The Morgan fingerprint density at radius 1 is 0.304 bits per heavy atom. The second kappa shape index (κ2) is 17.3. The minimum Gasteiger partial charge on any atom is -0.290 e. The number of benzene rings is 6. The van der Waals surface area contributed by atoms with Crippen molar-refractivity contribution < 1.29 is 0 Å². The van der Waals surface area contributed by atoms with Crippen LogP contribution in [0.1, 0.15) is 33.4 Å². The van der Waals surface area contributed by atoms with E-state index in [1.54, 1.807) is 0 Å². The molecule has 0 aliphatic heterocycles. The molecule has 0 saturated heterocycles. The van der Waals surface area contributed by atoms with E-state index in [1.165, 1.54) is 48.1 Å². The van der Waals surface area contributed by atoms with E-state index in [-0.39, 0.29) is 0 Å². The van der Waals surface area contributed by atoms with Crippen molar-refractivity contribution in [3.05, 3.63) is 197 Å². The fourth-order valence-electron chi connectivity index (χ4n) is 5.42. The van der Waals surface area contributed by atoms with Crippen molar-refractivity contribution in [2.24, 2.45) is 0 Å². The van der Waals surface area contributed by atoms with E-state index >= 15 is 0 Å². The Hall–Kier alpha value is -3.67. The summed E-state index contributed by atoms with van der Waals surface area (Å²) in [4.78, 5) is 6.70. The topological polar surface area (TPSA) is 3.24 Å². The number of rotatable bonds is 15. The number of thioether (sulfide) groups is 3. The Balaban J connectivity index is 1.25. The standard InChI is InChI=1S/C42H39NS3/c1-4-16-34(17-5-1)31-44-40-25-13-10-22-37(40)28-43(29-38-23-11-14-26-41(38)45-32-35-18-6-2-7-19-35)30-39-24-12-15-27-42(39)46-33-36-20-8-3-9-21-36/h1-27H,28-33H2. The molecule has 46 heavy (non-hydrogen) atoms. The van der Waals surface area contributed by atoms with Gasteiger partial charge in [0.25, 0.3) is 0 Å². The highest BCUT2D eigenvalue weighted by atomic mass is 32.2. The van der Waals surface area contributed by atoms with Gasteiger partial charge in [0.1, 0.15) is 0 Å². The van der Waals surface area contributed by atoms with Crippen LogP contribution in [0.15, 0.2) is 178 Å². The SMILES string of the molecule is c1ccc(CSc2ccccc2CN(Cc2ccccc2SCc2ccccc2)Cc2ccccc2SCc2ccccc2)cc1. The molecule has 6 aromatic rings. The third-order valence-corrected chi connectivity index (χ3v) is 11.4. The van der Waals surface area contributed by atoms with Gasteiger partial charge in [0, 0.05) is 51.6 Å². The summed E-state index contributed by atoms with van der Waals surface area (Å²) in [7, 11) is 0. The lowest BCUT2D eigenvalue weighted by molar-refractivity contribution is 0.242. The van der Waals surface area contributed by atoms with Gasteiger partial charge in [-0.25, -0.2) is 0 Å². The van der Waals surface area contributed by atoms with Gasteiger partial charge in [-0.05, 0) is 51.6 Å². The van der Waals surface area contributed by atoms with Crippen LogP contribution in [0.4, 0.5) is 0 Å². The smallest absolute Gasteiger partial charge is 0.0251 e. The molecule has 230 valence electrons. The lowest BCUT2D eigenvalue weighted by atomic mass is 10.1. The third-order valence-electron chi connectivity index (χ3n) is 7.81. The Morgan fingerprint density at radius 2 is 0.565 bits per heavy atom. The average molecular weight is 654 g/mol. The number of hydrogen-bond acceptors (Lipinski definition) is 4. The van der Waals surface area contributed by atoms with Gasteiger partial charge < -0.3 is 0 Å². The maximum Gasteiger partial charge on any atom is 0.0251 e. The fraction of sp³-hybridized carbons (Fsp3) is 0.143. The Bertz CT molecular complexity index is 1560. The van der Waals surface area contributed by atoms with Gasteiger partial charge in [-0.2, -0.15) is 0 Å². The largest absolute Gasteiger partial charge is 0.290 e. The minimum absolute atomic E-state index is 0.882. The van der Waals surface area contributed by atoms with Gasteiger partial charge >= 0.3 is 0 Å². The van der Waals surface area contributed by atoms with E-state index < -0.39 is 0 Å². The lowest BCUT2D eigenvalue weighted by Crippen LogP contribution is -2.23. The fourth-order valence-corrected chi connectivity index (χ4v) is 8.44. The first-order chi connectivity index (χ1) is 22.8. The van der Waals surface area contributed by atoms with Gasteiger partial charge in [-0.3, -0.25) is 4.90 Å². The molecule has 0 bridgehead atoms. The molecule has 6 aromatic carbocycles. The average Bonchev–Trinajstić information content (AvgIpc) is 3.12. The zero-order valence-electron chi connectivity index (χ0n) is 26.0. The zero-order valence-corrected chi connectivity index (χ0v) is 28.5. The van der Waals surface area contributed by atoms with Crippen LogP contribution in [0.3, 0.4) is 0 Å². The predicted octanol–water partition coefficient (Wildman–Crippen LogP) is 11.8. The van der Waals surface area contributed by atoms with E-state index in [0.717, 1.165) is 36.9 Å². The van der Waals surface area contributed by atoms with E-state index in [9.17, 15) is 0 Å². The molecule has 4 heteroatoms. The molecule has 0 fully saturated rings. The molecular weight excluding hydrogens is 615 g/mol. The Kier molecular flexibility index (Phi) is 12.1. The summed E-state index contributed by atoms with van der Waals surface area (Å²) in [5.74, 6) is 2.90. The van der Waals surface area contributed by atoms with Crippen molar-refractivity contribution in [3.8, 4) is 0 Å². The lowest BCUT2D eigenvalue weighted by Gasteiger charge is -2.26. The molecule has 0 aromatic heterocycles. The van der Waals surface area contributed by atoms with Crippen LogP contribution >= 0.6 is 35.3 Å². The van der Waals surface area contributed by atoms with Crippen LogP contribution in [0, 0.1) is 0 Å². The molecule has 0 saturated carbocycles. The molecule has 0 aliphatic carbocycles. The van der Waals surface area contributed by atoms with E-state index in [1.807, 2.05) is 35.3 Å². The van der Waals surface area contributed by atoms with E-state index in [0.29, 0.717) is 0 Å². The molecule has 0 spiro atoms. The normalized spacial score (nSPS) is 11.2. The maximum absolute atomic E-state index is 2.63. The Labute approximate surface area is 287 Å². The van der Waals surface area contributed by atoms with Gasteiger partial charge in [0.05, 0.1) is 0 Å². The highest BCUT2D eigenvalue weighted by Crippen LogP contribution is 2.33. The van der Waals surface area contributed by atoms with Crippen molar-refractivity contribution in [2.45, 2.75) is 51.6 Å². The van der Waals surface area contributed by atoms with E-state index in [2.05, 4.69) is 169 Å². The molecule has 0 N–H and O–H groups in total. The number of hydrogen-bond donors (Lipinski definition) is 0. The molecule has 0 aliphatic rings. The summed E-state index contributed by atoms with van der Waals surface area (Å²) in [6, 6.07) is 59.2. The summed E-state index contributed by atoms with van der Waals surface area (Å²) in [6.07, 6.45) is 0. The quantitative estimate of drug-likeness (QED) is 0.101. The van der Waals surface area contributed by atoms with Gasteiger partial charge in [-0.1, -0.05) is 146 Å². The van der Waals surface area contributed by atoms with Crippen LogP contribution in [-0.2, 0) is 36.9 Å².